The number of nitrogens with one attached hydrogen (secondary N) is 1. The lowest BCUT2D eigenvalue weighted by atomic mass is 9.93. The van der Waals surface area contributed by atoms with Crippen LogP contribution in [0, 0.1) is 5.92 Å². The summed E-state index contributed by atoms with van der Waals surface area (Å²) in [5.74, 6) is 0.490. The molecule has 7 heteroatoms. The summed E-state index contributed by atoms with van der Waals surface area (Å²) in [6.45, 7) is 3.85. The number of fused-ring (bicyclic) bond motifs is 1. The van der Waals surface area contributed by atoms with E-state index in [1.54, 1.807) is 18.5 Å². The number of rotatable bonds is 4. The van der Waals surface area contributed by atoms with Crippen molar-refractivity contribution < 1.29 is 14.7 Å². The van der Waals surface area contributed by atoms with Gasteiger partial charge in [-0.05, 0) is 80.5 Å². The number of hydrogen-bond acceptors (Lipinski definition) is 5. The number of nitrogens with zero attached hydrogens (tertiary/aromatic N) is 3. The molecule has 0 saturated carbocycles. The molecule has 2 N–H and O–H groups in total. The average Bonchev–Trinajstić information content (AvgIpc) is 2.89. The van der Waals surface area contributed by atoms with Crippen molar-refractivity contribution in [3.8, 4) is 0 Å². The summed E-state index contributed by atoms with van der Waals surface area (Å²) in [4.78, 5) is 34.8. The Bertz CT molecular complexity index is 973. The number of aliphatic hydroxyl groups is 1. The van der Waals surface area contributed by atoms with Crippen LogP contribution in [0.5, 0.6) is 0 Å². The Morgan fingerprint density at radius 2 is 1.77 bits per heavy atom. The number of carbonyl (C=O) groups excluding carboxylic acids is 2. The van der Waals surface area contributed by atoms with E-state index in [2.05, 4.69) is 10.3 Å². The molecule has 0 radical (unpaired) electrons. The normalized spacial score (nSPS) is 18.3. The molecule has 4 rings (SSSR count). The van der Waals surface area contributed by atoms with Gasteiger partial charge in [0.15, 0.2) is 0 Å². The largest absolute Gasteiger partial charge is 0.396 e. The van der Waals surface area contributed by atoms with E-state index in [0.29, 0.717) is 30.1 Å². The van der Waals surface area contributed by atoms with Crippen molar-refractivity contribution in [2.24, 2.45) is 5.92 Å². The molecule has 1 fully saturated rings. The minimum absolute atomic E-state index is 0.0477. The van der Waals surface area contributed by atoms with Gasteiger partial charge in [-0.3, -0.25) is 14.6 Å². The van der Waals surface area contributed by atoms with Gasteiger partial charge in [0, 0.05) is 56.4 Å². The Kier molecular flexibility index (Phi) is 9.26. The van der Waals surface area contributed by atoms with E-state index in [1.807, 2.05) is 34.1 Å². The third-order valence-electron chi connectivity index (χ3n) is 7.26. The summed E-state index contributed by atoms with van der Waals surface area (Å²) >= 11 is 0. The highest BCUT2D eigenvalue weighted by Gasteiger charge is 2.26. The van der Waals surface area contributed by atoms with E-state index >= 15 is 0 Å². The Hall–Kier alpha value is -2.77. The molecular formula is C28H38N4O3. The fraction of sp³-hybridized carbons (Fsp3) is 0.536. The maximum Gasteiger partial charge on any atom is 0.259 e. The summed E-state index contributed by atoms with van der Waals surface area (Å²) in [6, 6.07) is 9.39. The summed E-state index contributed by atoms with van der Waals surface area (Å²) in [5.41, 5.74) is 3.09. The van der Waals surface area contributed by atoms with Crippen LogP contribution in [0.4, 0.5) is 5.69 Å². The summed E-state index contributed by atoms with van der Waals surface area (Å²) < 4.78 is 0. The Morgan fingerprint density at radius 3 is 2.54 bits per heavy atom. The van der Waals surface area contributed by atoms with Crippen LogP contribution in [0.25, 0.3) is 0 Å². The Labute approximate surface area is 208 Å². The van der Waals surface area contributed by atoms with Crippen LogP contribution in [0.15, 0.2) is 42.7 Å². The van der Waals surface area contributed by atoms with Gasteiger partial charge in [0.2, 0.25) is 0 Å². The van der Waals surface area contributed by atoms with Crippen molar-refractivity contribution in [2.75, 3.05) is 37.7 Å². The molecule has 0 atom stereocenters. The highest BCUT2D eigenvalue weighted by atomic mass is 16.3. The number of hydrogen-bond donors (Lipinski definition) is 2. The van der Waals surface area contributed by atoms with E-state index in [4.69, 9.17) is 0 Å². The summed E-state index contributed by atoms with van der Waals surface area (Å²) in [5, 5.41) is 12.7. The first kappa shape index (κ1) is 25.3. The maximum atomic E-state index is 13.5. The highest BCUT2D eigenvalue weighted by molar-refractivity contribution is 6.06. The van der Waals surface area contributed by atoms with Crippen LogP contribution in [0.2, 0.25) is 0 Å². The van der Waals surface area contributed by atoms with Gasteiger partial charge < -0.3 is 20.2 Å². The van der Waals surface area contributed by atoms with E-state index in [1.165, 1.54) is 12.8 Å². The fourth-order valence-electron chi connectivity index (χ4n) is 5.16. The molecule has 1 aromatic carbocycles. The lowest BCUT2D eigenvalue weighted by molar-refractivity contribution is 0.0678. The first-order valence-electron chi connectivity index (χ1n) is 13.1. The lowest BCUT2D eigenvalue weighted by Crippen LogP contribution is -2.39. The van der Waals surface area contributed by atoms with Crippen LogP contribution < -0.4 is 10.2 Å². The molecule has 0 spiro atoms. The van der Waals surface area contributed by atoms with Gasteiger partial charge in [0.05, 0.1) is 5.56 Å². The smallest absolute Gasteiger partial charge is 0.259 e. The topological polar surface area (TPSA) is 85.8 Å². The number of benzene rings is 1. The van der Waals surface area contributed by atoms with Gasteiger partial charge in [0.1, 0.15) is 0 Å². The standard InChI is InChI=1S/C28H38N4O3/c33-18-12-22-10-16-31(17-11-22)27(34)23-8-9-26-25(19-23)21-29-13-4-2-1-3-5-15-32(26)28(35)24-7-6-14-30-20-24/h6-9,14,19-20,22,29,33H,1-5,10-13,15-18,21H2. The zero-order chi connectivity index (χ0) is 24.5. The van der Waals surface area contributed by atoms with Crippen LogP contribution in [0.1, 0.15) is 77.6 Å². The monoisotopic (exact) mass is 478 g/mol. The van der Waals surface area contributed by atoms with Crippen molar-refractivity contribution in [3.63, 3.8) is 0 Å². The Morgan fingerprint density at radius 1 is 0.971 bits per heavy atom. The number of pyridine rings is 1. The van der Waals surface area contributed by atoms with Crippen LogP contribution in [-0.2, 0) is 6.54 Å². The molecule has 0 bridgehead atoms. The summed E-state index contributed by atoms with van der Waals surface area (Å²) in [7, 11) is 0. The number of aromatic nitrogens is 1. The minimum atomic E-state index is -0.0542. The zero-order valence-electron chi connectivity index (χ0n) is 20.6. The van der Waals surface area contributed by atoms with Crippen LogP contribution in [0.3, 0.4) is 0 Å². The van der Waals surface area contributed by atoms with Crippen molar-refractivity contribution in [2.45, 2.75) is 57.9 Å². The number of amides is 2. The number of likely N-dealkylation sites (tertiary alicyclic amines) is 1. The van der Waals surface area contributed by atoms with E-state index in [9.17, 15) is 14.7 Å². The van der Waals surface area contributed by atoms with Crippen molar-refractivity contribution in [1.29, 1.82) is 0 Å². The first-order valence-corrected chi connectivity index (χ1v) is 13.1. The molecule has 1 saturated heterocycles. The predicted molar refractivity (Wildman–Crippen MR) is 137 cm³/mol. The van der Waals surface area contributed by atoms with Crippen LogP contribution >= 0.6 is 0 Å². The second-order valence-electron chi connectivity index (χ2n) is 9.73. The van der Waals surface area contributed by atoms with Gasteiger partial charge in [-0.15, -0.1) is 0 Å². The average molecular weight is 479 g/mol. The fourth-order valence-corrected chi connectivity index (χ4v) is 5.16. The highest BCUT2D eigenvalue weighted by Crippen LogP contribution is 2.27. The summed E-state index contributed by atoms with van der Waals surface area (Å²) in [6.07, 6.45) is 11.5. The molecule has 188 valence electrons. The second kappa shape index (κ2) is 12.8. The molecule has 7 nitrogen and oxygen atoms in total. The van der Waals surface area contributed by atoms with E-state index < -0.39 is 0 Å². The molecule has 2 amide bonds. The molecule has 0 aliphatic carbocycles. The number of piperidine rings is 1. The predicted octanol–water partition coefficient (Wildman–Crippen LogP) is 4.02. The SMILES string of the molecule is O=C(c1ccc2c(c1)CNCCCCCCCN2C(=O)c1cccnc1)N1CCC(CCO)CC1. The van der Waals surface area contributed by atoms with Gasteiger partial charge in [-0.2, -0.15) is 0 Å². The van der Waals surface area contributed by atoms with E-state index in [-0.39, 0.29) is 18.4 Å². The molecule has 2 aromatic rings. The lowest BCUT2D eigenvalue weighted by Gasteiger charge is -2.32. The molecule has 35 heavy (non-hydrogen) atoms. The van der Waals surface area contributed by atoms with E-state index in [0.717, 1.165) is 69.4 Å². The third-order valence-corrected chi connectivity index (χ3v) is 7.26. The quantitative estimate of drug-likeness (QED) is 0.693. The molecule has 2 aliphatic heterocycles. The van der Waals surface area contributed by atoms with Crippen molar-refractivity contribution >= 4 is 17.5 Å². The minimum Gasteiger partial charge on any atom is -0.396 e. The van der Waals surface area contributed by atoms with Gasteiger partial charge >= 0.3 is 0 Å². The number of anilines is 1. The first-order chi connectivity index (χ1) is 17.2. The van der Waals surface area contributed by atoms with Gasteiger partial charge in [-0.1, -0.05) is 19.3 Å². The maximum absolute atomic E-state index is 13.5. The zero-order valence-corrected chi connectivity index (χ0v) is 20.6. The molecule has 0 unspecified atom stereocenters. The number of aliphatic hydroxyl groups excluding tert-OH is 1. The number of carbonyl (C=O) groups is 2. The second-order valence-corrected chi connectivity index (χ2v) is 9.73. The van der Waals surface area contributed by atoms with Crippen molar-refractivity contribution in [1.82, 2.24) is 15.2 Å². The van der Waals surface area contributed by atoms with Gasteiger partial charge in [-0.25, -0.2) is 0 Å². The van der Waals surface area contributed by atoms with Crippen molar-refractivity contribution in [3.05, 3.63) is 59.4 Å². The molecule has 2 aliphatic rings. The Balaban J connectivity index is 1.59. The molecular weight excluding hydrogens is 440 g/mol. The van der Waals surface area contributed by atoms with Gasteiger partial charge in [0.25, 0.3) is 11.8 Å². The van der Waals surface area contributed by atoms with Crippen LogP contribution in [-0.4, -0.2) is 59.6 Å². The third kappa shape index (κ3) is 6.67. The molecule has 1 aromatic heterocycles. The molecule has 3 heterocycles.